The fourth-order valence-electron chi connectivity index (χ4n) is 2.67. The number of ether oxygens (including phenoxy) is 1. The summed E-state index contributed by atoms with van der Waals surface area (Å²) in [5.41, 5.74) is -1.12. The van der Waals surface area contributed by atoms with E-state index < -0.39 is 34.4 Å². The summed E-state index contributed by atoms with van der Waals surface area (Å²) in [4.78, 5) is 23.5. The lowest BCUT2D eigenvalue weighted by Crippen LogP contribution is -2.19. The minimum atomic E-state index is -1.50. The Bertz CT molecular complexity index is 1090. The van der Waals surface area contributed by atoms with Crippen LogP contribution in [0, 0.1) is 17.5 Å². The van der Waals surface area contributed by atoms with Gasteiger partial charge in [-0.15, -0.1) is 0 Å². The van der Waals surface area contributed by atoms with Crippen molar-refractivity contribution < 1.29 is 27.8 Å². The zero-order valence-corrected chi connectivity index (χ0v) is 13.4. The van der Waals surface area contributed by atoms with Crippen molar-refractivity contribution in [3.05, 3.63) is 75.3 Å². The van der Waals surface area contributed by atoms with Gasteiger partial charge < -0.3 is 14.4 Å². The molecular weight excluding hydrogens is 351 g/mol. The average molecular weight is 363 g/mol. The van der Waals surface area contributed by atoms with E-state index >= 15 is 0 Å². The molecular formula is C18H12F3NO4. The molecule has 0 atom stereocenters. The van der Waals surface area contributed by atoms with E-state index in [0.29, 0.717) is 11.6 Å². The number of benzene rings is 2. The Morgan fingerprint density at radius 3 is 2.42 bits per heavy atom. The normalized spacial score (nSPS) is 10.9. The molecule has 0 saturated heterocycles. The molecule has 8 heteroatoms. The summed E-state index contributed by atoms with van der Waals surface area (Å²) in [6.07, 6.45) is 1.02. The molecule has 0 fully saturated rings. The lowest BCUT2D eigenvalue weighted by atomic mass is 10.1. The molecule has 0 spiro atoms. The van der Waals surface area contributed by atoms with Crippen molar-refractivity contribution >= 4 is 16.9 Å². The summed E-state index contributed by atoms with van der Waals surface area (Å²) in [6.45, 7) is -0.0664. The number of carboxylic acids is 1. The highest BCUT2D eigenvalue weighted by atomic mass is 19.2. The summed E-state index contributed by atoms with van der Waals surface area (Å²) in [5, 5.41) is 8.91. The third-order valence-corrected chi connectivity index (χ3v) is 3.92. The molecule has 0 saturated carbocycles. The van der Waals surface area contributed by atoms with Crippen molar-refractivity contribution in [3.8, 4) is 5.75 Å². The first-order valence-corrected chi connectivity index (χ1v) is 7.39. The molecule has 0 radical (unpaired) electrons. The molecule has 1 N–H and O–H groups in total. The number of pyridine rings is 1. The largest absolute Gasteiger partial charge is 0.494 e. The van der Waals surface area contributed by atoms with Gasteiger partial charge >= 0.3 is 5.97 Å². The van der Waals surface area contributed by atoms with Gasteiger partial charge in [-0.05, 0) is 23.8 Å². The number of aromatic nitrogens is 1. The SMILES string of the molecule is COc1ccc(Cn2cc(C(=O)O)c(=O)c3cc(F)c(F)cc32)cc1F. The van der Waals surface area contributed by atoms with E-state index in [1.165, 1.54) is 29.9 Å². The maximum atomic E-state index is 13.9. The molecule has 0 aliphatic carbocycles. The van der Waals surface area contributed by atoms with Gasteiger partial charge in [-0.3, -0.25) is 4.79 Å². The zero-order valence-electron chi connectivity index (χ0n) is 13.4. The van der Waals surface area contributed by atoms with Crippen molar-refractivity contribution in [2.45, 2.75) is 6.54 Å². The van der Waals surface area contributed by atoms with Crippen LogP contribution >= 0.6 is 0 Å². The van der Waals surface area contributed by atoms with E-state index in [-0.39, 0.29) is 23.2 Å². The lowest BCUT2D eigenvalue weighted by Gasteiger charge is -2.13. The van der Waals surface area contributed by atoms with E-state index in [2.05, 4.69) is 0 Å². The van der Waals surface area contributed by atoms with Gasteiger partial charge in [-0.2, -0.15) is 0 Å². The molecule has 3 aromatic rings. The van der Waals surface area contributed by atoms with Crippen LogP contribution in [0.25, 0.3) is 10.9 Å². The second-order valence-corrected chi connectivity index (χ2v) is 5.56. The third-order valence-electron chi connectivity index (χ3n) is 3.92. The van der Waals surface area contributed by atoms with E-state index in [1.807, 2.05) is 0 Å². The van der Waals surface area contributed by atoms with Gasteiger partial charge in [0.15, 0.2) is 23.2 Å². The average Bonchev–Trinajstić information content (AvgIpc) is 2.59. The van der Waals surface area contributed by atoms with E-state index in [1.54, 1.807) is 0 Å². The Balaban J connectivity index is 2.22. The second kappa shape index (κ2) is 6.55. The van der Waals surface area contributed by atoms with Gasteiger partial charge in [0.1, 0.15) is 5.56 Å². The molecule has 0 aliphatic heterocycles. The van der Waals surface area contributed by atoms with Gasteiger partial charge in [0, 0.05) is 24.2 Å². The van der Waals surface area contributed by atoms with Gasteiger partial charge in [-0.25, -0.2) is 18.0 Å². The predicted octanol–water partition coefficient (Wildman–Crippen LogP) is 3.17. The number of hydrogen-bond donors (Lipinski definition) is 1. The van der Waals surface area contributed by atoms with Crippen LogP contribution < -0.4 is 10.2 Å². The number of nitrogens with zero attached hydrogens (tertiary/aromatic N) is 1. The minimum absolute atomic E-state index is 0.00451. The minimum Gasteiger partial charge on any atom is -0.494 e. The first kappa shape index (κ1) is 17.5. The maximum Gasteiger partial charge on any atom is 0.341 e. The standard InChI is InChI=1S/C18H12F3NO4/c1-26-16-3-2-9(4-14(16)21)7-22-8-11(18(24)25)17(23)10-5-12(19)13(20)6-15(10)22/h2-6,8H,7H2,1H3,(H,24,25). The first-order valence-electron chi connectivity index (χ1n) is 7.39. The van der Waals surface area contributed by atoms with Crippen LogP contribution in [-0.2, 0) is 6.54 Å². The van der Waals surface area contributed by atoms with Crippen LogP contribution in [0.4, 0.5) is 13.2 Å². The van der Waals surface area contributed by atoms with Crippen LogP contribution in [-0.4, -0.2) is 22.8 Å². The molecule has 3 rings (SSSR count). The van der Waals surface area contributed by atoms with Crippen LogP contribution in [0.5, 0.6) is 5.75 Å². The Kier molecular flexibility index (Phi) is 4.41. The van der Waals surface area contributed by atoms with Crippen molar-refractivity contribution in [3.63, 3.8) is 0 Å². The zero-order chi connectivity index (χ0) is 19.0. The fraction of sp³-hybridized carbons (Fsp3) is 0.111. The summed E-state index contributed by atoms with van der Waals surface area (Å²) >= 11 is 0. The fourth-order valence-corrected chi connectivity index (χ4v) is 2.67. The predicted molar refractivity (Wildman–Crippen MR) is 87.1 cm³/mol. The van der Waals surface area contributed by atoms with E-state index in [4.69, 9.17) is 4.74 Å². The van der Waals surface area contributed by atoms with Crippen molar-refractivity contribution in [1.29, 1.82) is 0 Å². The molecule has 0 aliphatic rings. The highest BCUT2D eigenvalue weighted by Gasteiger charge is 2.17. The number of methoxy groups -OCH3 is 1. The molecule has 134 valence electrons. The molecule has 0 amide bonds. The van der Waals surface area contributed by atoms with Crippen LogP contribution in [0.2, 0.25) is 0 Å². The molecule has 26 heavy (non-hydrogen) atoms. The summed E-state index contributed by atoms with van der Waals surface area (Å²) in [7, 11) is 1.31. The number of rotatable bonds is 4. The third kappa shape index (κ3) is 3.01. The highest BCUT2D eigenvalue weighted by molar-refractivity contribution is 5.92. The number of carboxylic acid groups (broad SMARTS) is 1. The molecule has 1 heterocycles. The number of carbonyl (C=O) groups is 1. The Hall–Kier alpha value is -3.29. The van der Waals surface area contributed by atoms with Crippen LogP contribution in [0.15, 0.2) is 41.3 Å². The van der Waals surface area contributed by atoms with Crippen LogP contribution in [0.1, 0.15) is 15.9 Å². The van der Waals surface area contributed by atoms with Crippen molar-refractivity contribution in [2.75, 3.05) is 7.11 Å². The van der Waals surface area contributed by atoms with Gasteiger partial charge in [0.05, 0.1) is 12.6 Å². The number of halogens is 3. The summed E-state index contributed by atoms with van der Waals surface area (Å²) in [6, 6.07) is 5.55. The smallest absolute Gasteiger partial charge is 0.341 e. The number of fused-ring (bicyclic) bond motifs is 1. The lowest BCUT2D eigenvalue weighted by molar-refractivity contribution is 0.0695. The van der Waals surface area contributed by atoms with Crippen LogP contribution in [0.3, 0.4) is 0 Å². The first-order chi connectivity index (χ1) is 12.3. The van der Waals surface area contributed by atoms with Crippen molar-refractivity contribution in [1.82, 2.24) is 4.57 Å². The van der Waals surface area contributed by atoms with Gasteiger partial charge in [0.2, 0.25) is 5.43 Å². The summed E-state index contributed by atoms with van der Waals surface area (Å²) in [5.74, 6) is -4.56. The Labute approximate surface area is 144 Å². The van der Waals surface area contributed by atoms with Crippen molar-refractivity contribution in [2.24, 2.45) is 0 Å². The molecule has 2 aromatic carbocycles. The van der Waals surface area contributed by atoms with E-state index in [0.717, 1.165) is 12.3 Å². The molecule has 0 bridgehead atoms. The molecule has 5 nitrogen and oxygen atoms in total. The Morgan fingerprint density at radius 1 is 1.12 bits per heavy atom. The highest BCUT2D eigenvalue weighted by Crippen LogP contribution is 2.21. The quantitative estimate of drug-likeness (QED) is 0.773. The Morgan fingerprint density at radius 2 is 1.81 bits per heavy atom. The van der Waals surface area contributed by atoms with E-state index in [9.17, 15) is 27.9 Å². The van der Waals surface area contributed by atoms with Gasteiger partial charge in [0.25, 0.3) is 0 Å². The number of aromatic carboxylic acids is 1. The maximum absolute atomic E-state index is 13.9. The second-order valence-electron chi connectivity index (χ2n) is 5.56. The van der Waals surface area contributed by atoms with Gasteiger partial charge in [-0.1, -0.05) is 6.07 Å². The molecule has 1 aromatic heterocycles. The topological polar surface area (TPSA) is 68.5 Å². The number of hydrogen-bond acceptors (Lipinski definition) is 3. The monoisotopic (exact) mass is 363 g/mol. The molecule has 0 unspecified atom stereocenters. The summed E-state index contributed by atoms with van der Waals surface area (Å²) < 4.78 is 47.1.